The molecule has 0 bridgehead atoms. The molecule has 9 rings (SSSR count). The van der Waals surface area contributed by atoms with E-state index in [-0.39, 0.29) is 25.7 Å². The number of nitrogens with zero attached hydrogens (tertiary/aromatic N) is 2. The van der Waals surface area contributed by atoms with Gasteiger partial charge in [-0.05, 0) is 52.4 Å². The van der Waals surface area contributed by atoms with Gasteiger partial charge in [0.1, 0.15) is 5.58 Å². The van der Waals surface area contributed by atoms with Gasteiger partial charge in [-0.25, -0.2) is 0 Å². The summed E-state index contributed by atoms with van der Waals surface area (Å²) in [6.45, 7) is 5.73. The third kappa shape index (κ3) is 10.3. The molecule has 0 saturated carbocycles. The number of rotatable bonds is 8. The van der Waals surface area contributed by atoms with Gasteiger partial charge in [-0.3, -0.25) is 0 Å². The van der Waals surface area contributed by atoms with Gasteiger partial charge in [-0.2, -0.15) is 0 Å². The molecule has 317 valence electrons. The maximum Gasteiger partial charge on any atom is 0 e. The van der Waals surface area contributed by atoms with Crippen LogP contribution in [0.4, 0.5) is 0 Å². The minimum atomic E-state index is -1.91. The molecule has 6 nitrogen and oxygen atoms in total. The predicted molar refractivity (Wildman–Crippen MR) is 255 cm³/mol. The Morgan fingerprint density at radius 1 is 0.714 bits per heavy atom. The van der Waals surface area contributed by atoms with Crippen LogP contribution in [-0.2, 0) is 31.4 Å². The molecule has 0 saturated heterocycles. The first-order chi connectivity index (χ1) is 30.6. The zero-order valence-electron chi connectivity index (χ0n) is 38.0. The smallest absolute Gasteiger partial charge is 0 e. The molecule has 8 heteroatoms. The van der Waals surface area contributed by atoms with Crippen LogP contribution >= 0.6 is 0 Å². The van der Waals surface area contributed by atoms with E-state index in [2.05, 4.69) is 98.9 Å². The average Bonchev–Trinajstić information content (AvgIpc) is 3.70. The van der Waals surface area contributed by atoms with Crippen LogP contribution in [0.5, 0.6) is 0 Å². The van der Waals surface area contributed by atoms with Crippen molar-refractivity contribution in [3.05, 3.63) is 187 Å². The summed E-state index contributed by atoms with van der Waals surface area (Å²) in [5.41, 5.74) is 10.6. The third-order valence-electron chi connectivity index (χ3n) is 10.5. The summed E-state index contributed by atoms with van der Waals surface area (Å²) in [6, 6.07) is 56.0. The Labute approximate surface area is 388 Å². The fraction of sp³-hybridized carbons (Fsp3) is 0.145. The first-order valence-corrected chi connectivity index (χ1v) is 27.9. The molecule has 0 amide bonds. The van der Waals surface area contributed by atoms with Crippen molar-refractivity contribution in [3.8, 4) is 55.9 Å². The number of furan rings is 1. The molecule has 1 N–H and O–H groups in total. The van der Waals surface area contributed by atoms with E-state index in [1.165, 1.54) is 10.5 Å². The Morgan fingerprint density at radius 3 is 1.97 bits per heavy atom. The largest absolute Gasteiger partial charge is 0 e. The summed E-state index contributed by atoms with van der Waals surface area (Å²) in [5, 5.41) is 10.8. The van der Waals surface area contributed by atoms with E-state index in [9.17, 15) is 4.79 Å². The molecule has 3 aromatic heterocycles. The molecule has 1 radical (unpaired) electrons. The van der Waals surface area contributed by atoms with E-state index in [4.69, 9.17) is 12.4 Å². The van der Waals surface area contributed by atoms with E-state index in [0.29, 0.717) is 22.4 Å². The van der Waals surface area contributed by atoms with Gasteiger partial charge in [0.15, 0.2) is 0 Å². The van der Waals surface area contributed by atoms with Gasteiger partial charge in [-0.15, -0.1) is 18.2 Å². The molecule has 3 heterocycles. The Kier molecular flexibility index (Phi) is 12.9. The Bertz CT molecular complexity index is 3090. The molecule has 6 aromatic carbocycles. The second kappa shape index (κ2) is 19.2. The molecular weight excluding hydrogens is 1020 g/mol. The van der Waals surface area contributed by atoms with Gasteiger partial charge in [0.25, 0.3) is 0 Å². The maximum absolute atomic E-state index is 11.9. The van der Waals surface area contributed by atoms with E-state index in [1.54, 1.807) is 12.3 Å². The van der Waals surface area contributed by atoms with Gasteiger partial charge in [0.05, 0.1) is 5.58 Å². The first kappa shape index (κ1) is 42.3. The molecule has 0 atom stereocenters. The number of carbonyl (C=O) groups excluding carboxylic acids is 1. The number of carbonyl (C=O) groups is 1. The van der Waals surface area contributed by atoms with Gasteiger partial charge in [-0.1, -0.05) is 104 Å². The zero-order valence-corrected chi connectivity index (χ0v) is 40.5. The molecule has 0 aliphatic heterocycles. The van der Waals surface area contributed by atoms with E-state index in [0.717, 1.165) is 61.0 Å². The number of pyridine rings is 2. The summed E-state index contributed by atoms with van der Waals surface area (Å²) in [7, 11) is 0. The van der Waals surface area contributed by atoms with Crippen molar-refractivity contribution in [2.75, 3.05) is 0 Å². The minimum Gasteiger partial charge on any atom is 0 e. The van der Waals surface area contributed by atoms with Crippen molar-refractivity contribution in [2.45, 2.75) is 44.4 Å². The topological polar surface area (TPSA) is 85.5 Å². The summed E-state index contributed by atoms with van der Waals surface area (Å²) >= 11 is -1.91. The van der Waals surface area contributed by atoms with E-state index >= 15 is 0 Å². The summed E-state index contributed by atoms with van der Waals surface area (Å²) in [6.07, 6.45) is 2.09. The summed E-state index contributed by atoms with van der Waals surface area (Å²) in [4.78, 5) is 25.0. The van der Waals surface area contributed by atoms with Crippen LogP contribution in [0.25, 0.3) is 77.8 Å². The Balaban J connectivity index is 0.000000205. The first-order valence-electron chi connectivity index (χ1n) is 21.6. The minimum absolute atomic E-state index is 0. The van der Waals surface area contributed by atoms with Crippen LogP contribution in [0.15, 0.2) is 168 Å². The quantitative estimate of drug-likeness (QED) is 0.0706. The molecule has 0 unspecified atom stereocenters. The summed E-state index contributed by atoms with van der Waals surface area (Å²) < 4.78 is 25.5. The van der Waals surface area contributed by atoms with Gasteiger partial charge < -0.3 is 9.40 Å². The summed E-state index contributed by atoms with van der Waals surface area (Å²) in [5.74, 6) is 6.17. The van der Waals surface area contributed by atoms with Crippen molar-refractivity contribution < 1.29 is 42.2 Å². The van der Waals surface area contributed by atoms with Crippen molar-refractivity contribution in [1.82, 2.24) is 9.97 Å². The standard InChI is InChI=1S/C34H28NO.C21H20GeNO3.Ir/c1-34(2,3)22-23-17-18-35-31(19-23)28-16-10-15-27-30-21-26(24-11-6-4-7-12-24)20-29(33(30)36-32(27)28)25-13-8-5-9-14-25;1-22(2,3)17-10-12-20(23-14-17)16-9-11-18(21(24)26-25)19(13-16)15-7-5-4-6-8-15;/h4-15,17-21H,22H2,1-3H3;4-8,10-14,25H,1-3H3;/q2*-1;/i22D2;;. The normalized spacial score (nSPS) is 12.1. The number of hydrogen-bond acceptors (Lipinski definition) is 6. The molecule has 0 aliphatic rings. The number of benzene rings is 6. The maximum atomic E-state index is 11.9. The predicted octanol–water partition coefficient (Wildman–Crippen LogP) is 13.8. The van der Waals surface area contributed by atoms with Crippen molar-refractivity contribution in [3.63, 3.8) is 0 Å². The molecular formula is C55H48GeIrN2O4-2. The second-order valence-electron chi connectivity index (χ2n) is 17.2. The van der Waals surface area contributed by atoms with Crippen LogP contribution in [0.1, 0.15) is 39.4 Å². The number of hydrogen-bond donors (Lipinski definition) is 1. The van der Waals surface area contributed by atoms with Gasteiger partial charge >= 0.3 is 156 Å². The van der Waals surface area contributed by atoms with E-state index < -0.39 is 31.0 Å². The fourth-order valence-corrected chi connectivity index (χ4v) is 9.62. The van der Waals surface area contributed by atoms with Gasteiger partial charge in [0.2, 0.25) is 0 Å². The average molecular weight is 1070 g/mol. The Morgan fingerprint density at radius 2 is 1.37 bits per heavy atom. The Hall–Kier alpha value is -5.96. The second-order valence-corrected chi connectivity index (χ2v) is 27.9. The SMILES string of the molecule is [2H]C([2H])(c1ccnc(-c2[c-]ccc3c2oc2c(-c4ccccc4)cc(-c4ccccc4)cc23)c1)C(C)(C)C.[CH3][Ge]([CH3])([CH3])[c]1ccc(-c2[c-]cc(C(=O)OO)c(-c3ccccc3)c2)nc1.[Ir]. The molecule has 0 spiro atoms. The van der Waals surface area contributed by atoms with Crippen molar-refractivity contribution in [2.24, 2.45) is 5.41 Å². The monoisotopic (exact) mass is 1070 g/mol. The van der Waals surface area contributed by atoms with Crippen molar-refractivity contribution >= 4 is 45.6 Å². The van der Waals surface area contributed by atoms with Crippen molar-refractivity contribution in [1.29, 1.82) is 0 Å². The molecule has 9 aromatic rings. The number of fused-ring (bicyclic) bond motifs is 3. The van der Waals surface area contributed by atoms with Gasteiger partial charge in [0, 0.05) is 40.0 Å². The van der Waals surface area contributed by atoms with Crippen LogP contribution in [-0.4, -0.2) is 34.5 Å². The van der Waals surface area contributed by atoms with Crippen LogP contribution < -0.4 is 4.40 Å². The van der Waals surface area contributed by atoms with Crippen LogP contribution in [0.2, 0.25) is 17.3 Å². The molecule has 0 fully saturated rings. The van der Waals surface area contributed by atoms with E-state index in [1.807, 2.05) is 112 Å². The fourth-order valence-electron chi connectivity index (χ4n) is 7.45. The zero-order chi connectivity index (χ0) is 45.2. The molecule has 63 heavy (non-hydrogen) atoms. The number of aromatic nitrogens is 2. The third-order valence-corrected chi connectivity index (χ3v) is 14.8. The van der Waals surface area contributed by atoms with Crippen LogP contribution in [0, 0.1) is 17.5 Å². The van der Waals surface area contributed by atoms with Crippen LogP contribution in [0.3, 0.4) is 0 Å². The molecule has 0 aliphatic carbocycles.